The average Bonchev–Trinajstić information content (AvgIpc) is 2.88. The second kappa shape index (κ2) is 6.80. The average molecular weight is 272 g/mol. The van der Waals surface area contributed by atoms with E-state index >= 15 is 0 Å². The lowest BCUT2D eigenvalue weighted by Crippen LogP contribution is -2.23. The predicted molar refractivity (Wildman–Crippen MR) is 79.8 cm³/mol. The number of hydrogen-bond donors (Lipinski definition) is 2. The first-order chi connectivity index (χ1) is 9.70. The first-order valence-corrected chi connectivity index (χ1v) is 6.86. The molecular formula is C16H20N2O2. The molecule has 0 saturated heterocycles. The van der Waals surface area contributed by atoms with Crippen molar-refractivity contribution in [1.82, 2.24) is 5.32 Å². The number of rotatable bonds is 6. The van der Waals surface area contributed by atoms with Crippen LogP contribution >= 0.6 is 0 Å². The van der Waals surface area contributed by atoms with Gasteiger partial charge in [0.05, 0.1) is 12.8 Å². The normalized spacial score (nSPS) is 10.3. The Kier molecular flexibility index (Phi) is 4.82. The van der Waals surface area contributed by atoms with E-state index < -0.39 is 0 Å². The van der Waals surface area contributed by atoms with Gasteiger partial charge in [0.2, 0.25) is 0 Å². The molecule has 0 unspecified atom stereocenters. The number of amides is 1. The van der Waals surface area contributed by atoms with Gasteiger partial charge in [-0.25, -0.2) is 0 Å². The number of hydrogen-bond acceptors (Lipinski definition) is 3. The van der Waals surface area contributed by atoms with Crippen LogP contribution in [-0.4, -0.2) is 12.5 Å². The molecule has 4 nitrogen and oxygen atoms in total. The van der Waals surface area contributed by atoms with E-state index in [0.29, 0.717) is 18.7 Å². The lowest BCUT2D eigenvalue weighted by molar-refractivity contribution is 0.0953. The van der Waals surface area contributed by atoms with Gasteiger partial charge in [0, 0.05) is 17.8 Å². The van der Waals surface area contributed by atoms with Gasteiger partial charge in [0.1, 0.15) is 5.76 Å². The summed E-state index contributed by atoms with van der Waals surface area (Å²) < 4.78 is 5.38. The molecule has 1 aromatic carbocycles. The summed E-state index contributed by atoms with van der Waals surface area (Å²) in [5.74, 6) is 0.871. The fourth-order valence-corrected chi connectivity index (χ4v) is 1.88. The minimum atomic E-state index is -0.0373. The van der Waals surface area contributed by atoms with Crippen LogP contribution in [-0.2, 0) is 6.54 Å². The van der Waals surface area contributed by atoms with Gasteiger partial charge in [-0.15, -0.1) is 0 Å². The van der Waals surface area contributed by atoms with E-state index in [4.69, 9.17) is 4.42 Å². The molecule has 2 rings (SSSR count). The smallest absolute Gasteiger partial charge is 0.251 e. The highest BCUT2D eigenvalue weighted by molar-refractivity contribution is 5.95. The third-order valence-electron chi connectivity index (χ3n) is 3.08. The van der Waals surface area contributed by atoms with Crippen molar-refractivity contribution in [3.05, 3.63) is 53.5 Å². The molecule has 20 heavy (non-hydrogen) atoms. The molecule has 0 aliphatic carbocycles. The lowest BCUT2D eigenvalue weighted by atomic mass is 10.2. The quantitative estimate of drug-likeness (QED) is 0.848. The Labute approximate surface area is 119 Å². The van der Waals surface area contributed by atoms with Crippen LogP contribution in [0.1, 0.15) is 35.0 Å². The van der Waals surface area contributed by atoms with E-state index in [1.54, 1.807) is 6.26 Å². The van der Waals surface area contributed by atoms with Crippen molar-refractivity contribution >= 4 is 11.6 Å². The third kappa shape index (κ3) is 3.63. The number of furan rings is 1. The Morgan fingerprint density at radius 2 is 2.15 bits per heavy atom. The molecule has 1 amide bonds. The van der Waals surface area contributed by atoms with Gasteiger partial charge >= 0.3 is 0 Å². The van der Waals surface area contributed by atoms with Gasteiger partial charge in [-0.2, -0.15) is 0 Å². The fraction of sp³-hybridized carbons (Fsp3) is 0.312. The maximum absolute atomic E-state index is 11.9. The predicted octanol–water partition coefficient (Wildman–Crippen LogP) is 3.34. The number of anilines is 1. The largest absolute Gasteiger partial charge is 0.467 e. The summed E-state index contributed by atoms with van der Waals surface area (Å²) in [4.78, 5) is 11.9. The van der Waals surface area contributed by atoms with Gasteiger partial charge < -0.3 is 15.1 Å². The number of nitrogens with one attached hydrogen (secondary N) is 2. The summed E-state index contributed by atoms with van der Waals surface area (Å²) in [5, 5.41) is 6.13. The number of carbonyl (C=O) groups excluding carboxylic acids is 1. The van der Waals surface area contributed by atoms with E-state index in [1.807, 2.05) is 44.2 Å². The van der Waals surface area contributed by atoms with E-state index in [9.17, 15) is 4.79 Å². The number of carbonyl (C=O) groups is 1. The second-order valence-electron chi connectivity index (χ2n) is 4.72. The Bertz CT molecular complexity index is 575. The monoisotopic (exact) mass is 272 g/mol. The Morgan fingerprint density at radius 1 is 1.30 bits per heavy atom. The maximum atomic E-state index is 11.9. The van der Waals surface area contributed by atoms with Gasteiger partial charge in [-0.05, 0) is 43.2 Å². The molecule has 2 aromatic rings. The molecule has 1 aromatic heterocycles. The summed E-state index contributed by atoms with van der Waals surface area (Å²) in [6.45, 7) is 5.35. The molecule has 2 N–H and O–H groups in total. The van der Waals surface area contributed by atoms with Crippen LogP contribution in [0.25, 0.3) is 0 Å². The van der Waals surface area contributed by atoms with Gasteiger partial charge in [-0.3, -0.25) is 4.79 Å². The first-order valence-electron chi connectivity index (χ1n) is 6.86. The first kappa shape index (κ1) is 14.2. The molecule has 0 spiro atoms. The number of benzene rings is 1. The molecule has 0 fully saturated rings. The van der Waals surface area contributed by atoms with Crippen molar-refractivity contribution < 1.29 is 9.21 Å². The minimum absolute atomic E-state index is 0.0373. The minimum Gasteiger partial charge on any atom is -0.467 e. The van der Waals surface area contributed by atoms with Crippen molar-refractivity contribution in [2.24, 2.45) is 0 Å². The SMILES string of the molecule is CCCNC(=O)c1cccc(NCc2occc2C)c1. The molecule has 0 saturated carbocycles. The summed E-state index contributed by atoms with van der Waals surface area (Å²) in [5.41, 5.74) is 2.69. The number of aryl methyl sites for hydroxylation is 1. The molecule has 4 heteroatoms. The molecule has 0 atom stereocenters. The van der Waals surface area contributed by atoms with Gasteiger partial charge in [0.15, 0.2) is 0 Å². The highest BCUT2D eigenvalue weighted by Gasteiger charge is 2.06. The summed E-state index contributed by atoms with van der Waals surface area (Å²) >= 11 is 0. The van der Waals surface area contributed by atoms with Crippen LogP contribution < -0.4 is 10.6 Å². The molecule has 1 heterocycles. The van der Waals surface area contributed by atoms with Crippen LogP contribution in [0.15, 0.2) is 41.0 Å². The van der Waals surface area contributed by atoms with E-state index in [-0.39, 0.29) is 5.91 Å². The van der Waals surface area contributed by atoms with E-state index in [2.05, 4.69) is 10.6 Å². The zero-order valence-corrected chi connectivity index (χ0v) is 11.9. The zero-order valence-electron chi connectivity index (χ0n) is 11.9. The molecule has 0 radical (unpaired) electrons. The molecular weight excluding hydrogens is 252 g/mol. The molecule has 0 bridgehead atoms. The van der Waals surface area contributed by atoms with Crippen LogP contribution in [0.5, 0.6) is 0 Å². The van der Waals surface area contributed by atoms with E-state index in [1.165, 1.54) is 0 Å². The molecule has 0 aliphatic rings. The summed E-state index contributed by atoms with van der Waals surface area (Å²) in [6.07, 6.45) is 2.61. The highest BCUT2D eigenvalue weighted by Crippen LogP contribution is 2.14. The van der Waals surface area contributed by atoms with Crippen LogP contribution in [0.4, 0.5) is 5.69 Å². The summed E-state index contributed by atoms with van der Waals surface area (Å²) in [6, 6.07) is 9.41. The zero-order chi connectivity index (χ0) is 14.4. The van der Waals surface area contributed by atoms with Crippen molar-refractivity contribution in [3.8, 4) is 0 Å². The van der Waals surface area contributed by atoms with Crippen molar-refractivity contribution in [2.45, 2.75) is 26.8 Å². The standard InChI is InChI=1S/C16H20N2O2/c1-3-8-17-16(19)13-5-4-6-14(10-13)18-11-15-12(2)7-9-20-15/h4-7,9-10,18H,3,8,11H2,1-2H3,(H,17,19). The summed E-state index contributed by atoms with van der Waals surface area (Å²) in [7, 11) is 0. The van der Waals surface area contributed by atoms with Crippen molar-refractivity contribution in [2.75, 3.05) is 11.9 Å². The Hall–Kier alpha value is -2.23. The second-order valence-corrected chi connectivity index (χ2v) is 4.72. The molecule has 0 aliphatic heterocycles. The maximum Gasteiger partial charge on any atom is 0.251 e. The van der Waals surface area contributed by atoms with Crippen molar-refractivity contribution in [3.63, 3.8) is 0 Å². The Morgan fingerprint density at radius 3 is 2.85 bits per heavy atom. The van der Waals surface area contributed by atoms with Gasteiger partial charge in [-0.1, -0.05) is 13.0 Å². The Balaban J connectivity index is 1.99. The fourth-order valence-electron chi connectivity index (χ4n) is 1.88. The highest BCUT2D eigenvalue weighted by atomic mass is 16.3. The van der Waals surface area contributed by atoms with Gasteiger partial charge in [0.25, 0.3) is 5.91 Å². The third-order valence-corrected chi connectivity index (χ3v) is 3.08. The van der Waals surface area contributed by atoms with E-state index in [0.717, 1.165) is 23.4 Å². The lowest BCUT2D eigenvalue weighted by Gasteiger charge is -2.08. The van der Waals surface area contributed by atoms with Crippen LogP contribution in [0.2, 0.25) is 0 Å². The van der Waals surface area contributed by atoms with Crippen molar-refractivity contribution in [1.29, 1.82) is 0 Å². The van der Waals surface area contributed by atoms with Crippen LogP contribution in [0, 0.1) is 6.92 Å². The topological polar surface area (TPSA) is 54.3 Å². The molecule has 106 valence electrons. The van der Waals surface area contributed by atoms with Crippen LogP contribution in [0.3, 0.4) is 0 Å².